The SMILES string of the molecule is c1ccc(-c2ccc(-c3nc4ccccc4nc3-c3ccc(-n4c5ccccc5c5c6c7ccccc7n7c8ccccc8c(cc54)c67)cc3)cc2)cc1. The van der Waals surface area contributed by atoms with Gasteiger partial charge in [0.2, 0.25) is 0 Å². The lowest BCUT2D eigenvalue weighted by Crippen LogP contribution is -1.97. The van der Waals surface area contributed by atoms with E-state index < -0.39 is 0 Å². The number of hydrogen-bond donors (Lipinski definition) is 0. The van der Waals surface area contributed by atoms with Crippen LogP contribution in [0.4, 0.5) is 0 Å². The van der Waals surface area contributed by atoms with Crippen molar-refractivity contribution in [2.75, 3.05) is 0 Å². The lowest BCUT2D eigenvalue weighted by atomic mass is 9.99. The summed E-state index contributed by atoms with van der Waals surface area (Å²) in [4.78, 5) is 10.4. The van der Waals surface area contributed by atoms with Gasteiger partial charge in [-0.2, -0.15) is 0 Å². The van der Waals surface area contributed by atoms with Gasteiger partial charge in [0.05, 0.1) is 50.0 Å². The number of hydrogen-bond acceptors (Lipinski definition) is 2. The molecule has 0 bridgehead atoms. The highest BCUT2D eigenvalue weighted by molar-refractivity contribution is 6.35. The van der Waals surface area contributed by atoms with Crippen molar-refractivity contribution in [3.8, 4) is 39.3 Å². The van der Waals surface area contributed by atoms with Gasteiger partial charge in [0.25, 0.3) is 0 Å². The van der Waals surface area contributed by atoms with E-state index in [-0.39, 0.29) is 0 Å². The fraction of sp³-hybridized carbons (Fsp3) is 0. The first-order chi connectivity index (χ1) is 26.8. The first-order valence-corrected chi connectivity index (χ1v) is 18.4. The number of para-hydroxylation sites is 5. The van der Waals surface area contributed by atoms with E-state index in [1.807, 2.05) is 30.3 Å². The van der Waals surface area contributed by atoms with E-state index >= 15 is 0 Å². The minimum absolute atomic E-state index is 0.870. The maximum absolute atomic E-state index is 5.23. The Kier molecular flexibility index (Phi) is 6.02. The van der Waals surface area contributed by atoms with Crippen molar-refractivity contribution < 1.29 is 0 Å². The second kappa shape index (κ2) is 11.1. The fourth-order valence-corrected chi connectivity index (χ4v) is 8.86. The van der Waals surface area contributed by atoms with Crippen molar-refractivity contribution >= 4 is 70.9 Å². The van der Waals surface area contributed by atoms with E-state index in [2.05, 4.69) is 161 Å². The van der Waals surface area contributed by atoms with E-state index in [0.29, 0.717) is 0 Å². The monoisotopic (exact) mass is 686 g/mol. The highest BCUT2D eigenvalue weighted by Crippen LogP contribution is 2.46. The zero-order valence-corrected chi connectivity index (χ0v) is 29.1. The molecule has 0 fully saturated rings. The second-order valence-electron chi connectivity index (χ2n) is 14.2. The Bertz CT molecular complexity index is 3410. The van der Waals surface area contributed by atoms with Gasteiger partial charge in [-0.05, 0) is 59.7 Å². The summed E-state index contributed by atoms with van der Waals surface area (Å²) in [7, 11) is 0. The molecule has 0 radical (unpaired) electrons. The van der Waals surface area contributed by atoms with Gasteiger partial charge in [-0.3, -0.25) is 0 Å². The van der Waals surface area contributed by atoms with Crippen LogP contribution >= 0.6 is 0 Å². The average Bonchev–Trinajstić information content (AvgIpc) is 3.88. The van der Waals surface area contributed by atoms with E-state index in [1.54, 1.807) is 0 Å². The van der Waals surface area contributed by atoms with Gasteiger partial charge < -0.3 is 8.97 Å². The first-order valence-electron chi connectivity index (χ1n) is 18.4. The van der Waals surface area contributed by atoms with Gasteiger partial charge in [-0.25, -0.2) is 9.97 Å². The average molecular weight is 687 g/mol. The zero-order chi connectivity index (χ0) is 35.3. The molecule has 0 N–H and O–H groups in total. The standard InChI is InChI=1S/C50H30N4/c1-2-12-31(13-3-1)32-22-24-33(25-23-32)48-49(52-41-18-8-7-17-40(41)51-48)34-26-28-35(29-27-34)53-43-20-10-5-15-37(43)46-45(53)30-39-36-14-4-9-19-42(36)54-44-21-11-6-16-38(44)47(46)50(39)54/h1-30H. The van der Waals surface area contributed by atoms with Crippen LogP contribution in [0.2, 0.25) is 0 Å². The van der Waals surface area contributed by atoms with Crippen LogP contribution in [-0.4, -0.2) is 18.9 Å². The molecule has 0 aliphatic carbocycles. The van der Waals surface area contributed by atoms with Crippen LogP contribution in [0.3, 0.4) is 0 Å². The highest BCUT2D eigenvalue weighted by Gasteiger charge is 2.24. The molecule has 0 atom stereocenters. The summed E-state index contributed by atoms with van der Waals surface area (Å²) in [5.41, 5.74) is 15.2. The lowest BCUT2D eigenvalue weighted by molar-refractivity contribution is 1.18. The third kappa shape index (κ3) is 4.08. The van der Waals surface area contributed by atoms with Gasteiger partial charge in [-0.15, -0.1) is 0 Å². The fourth-order valence-electron chi connectivity index (χ4n) is 8.86. The van der Waals surface area contributed by atoms with Crippen molar-refractivity contribution in [1.29, 1.82) is 0 Å². The predicted octanol–water partition coefficient (Wildman–Crippen LogP) is 12.9. The van der Waals surface area contributed by atoms with Gasteiger partial charge in [0.1, 0.15) is 0 Å². The Balaban J connectivity index is 1.07. The Labute approximate surface area is 310 Å². The van der Waals surface area contributed by atoms with Gasteiger partial charge in [0, 0.05) is 49.1 Å². The minimum atomic E-state index is 0.870. The van der Waals surface area contributed by atoms with Crippen molar-refractivity contribution in [3.63, 3.8) is 0 Å². The van der Waals surface area contributed by atoms with E-state index in [4.69, 9.17) is 9.97 Å². The Morgan fingerprint density at radius 3 is 1.48 bits per heavy atom. The topological polar surface area (TPSA) is 35.1 Å². The molecule has 4 aromatic heterocycles. The van der Waals surface area contributed by atoms with Crippen LogP contribution < -0.4 is 0 Å². The molecule has 4 heteroatoms. The van der Waals surface area contributed by atoms with Gasteiger partial charge >= 0.3 is 0 Å². The third-order valence-corrected chi connectivity index (χ3v) is 11.2. The van der Waals surface area contributed by atoms with Gasteiger partial charge in [-0.1, -0.05) is 133 Å². The van der Waals surface area contributed by atoms with Crippen LogP contribution in [-0.2, 0) is 0 Å². The summed E-state index contributed by atoms with van der Waals surface area (Å²) in [6.07, 6.45) is 0. The molecule has 0 saturated heterocycles. The summed E-state index contributed by atoms with van der Waals surface area (Å²) in [6.45, 7) is 0. The molecular formula is C50H30N4. The molecule has 0 unspecified atom stereocenters. The van der Waals surface area contributed by atoms with Gasteiger partial charge in [0.15, 0.2) is 0 Å². The van der Waals surface area contributed by atoms with Crippen molar-refractivity contribution in [3.05, 3.63) is 182 Å². The molecule has 0 amide bonds. The molecule has 0 spiro atoms. The van der Waals surface area contributed by atoms with E-state index in [9.17, 15) is 0 Å². The summed E-state index contributed by atoms with van der Waals surface area (Å²) in [5, 5.41) is 7.69. The number of nitrogens with zero attached hydrogens (tertiary/aromatic N) is 4. The van der Waals surface area contributed by atoms with Crippen molar-refractivity contribution in [2.45, 2.75) is 0 Å². The normalized spacial score (nSPS) is 12.1. The smallest absolute Gasteiger partial charge is 0.0973 e. The molecule has 4 nitrogen and oxygen atoms in total. The lowest BCUT2D eigenvalue weighted by Gasteiger charge is -2.13. The number of fused-ring (bicyclic) bond motifs is 11. The molecule has 4 heterocycles. The van der Waals surface area contributed by atoms with Crippen LogP contribution in [0.1, 0.15) is 0 Å². The molecule has 8 aromatic carbocycles. The summed E-state index contributed by atoms with van der Waals surface area (Å²) < 4.78 is 4.90. The zero-order valence-electron chi connectivity index (χ0n) is 29.1. The quantitative estimate of drug-likeness (QED) is 0.185. The Morgan fingerprint density at radius 1 is 0.333 bits per heavy atom. The Hall–Kier alpha value is -7.30. The molecule has 12 aromatic rings. The largest absolute Gasteiger partial charge is 0.309 e. The molecule has 12 rings (SSSR count). The highest BCUT2D eigenvalue weighted by atomic mass is 15.0. The van der Waals surface area contributed by atoms with Crippen molar-refractivity contribution in [1.82, 2.24) is 18.9 Å². The van der Waals surface area contributed by atoms with Crippen LogP contribution in [0.5, 0.6) is 0 Å². The molecular weight excluding hydrogens is 657 g/mol. The molecule has 250 valence electrons. The number of benzene rings is 8. The predicted molar refractivity (Wildman–Crippen MR) is 225 cm³/mol. The summed E-state index contributed by atoms with van der Waals surface area (Å²) >= 11 is 0. The number of aromatic nitrogens is 4. The Morgan fingerprint density at radius 2 is 0.815 bits per heavy atom. The maximum Gasteiger partial charge on any atom is 0.0973 e. The van der Waals surface area contributed by atoms with Crippen LogP contribution in [0, 0.1) is 0 Å². The number of rotatable bonds is 4. The first kappa shape index (κ1) is 29.3. The van der Waals surface area contributed by atoms with Crippen LogP contribution in [0.15, 0.2) is 182 Å². The minimum Gasteiger partial charge on any atom is -0.309 e. The molecule has 0 saturated carbocycles. The molecule has 0 aliphatic heterocycles. The second-order valence-corrected chi connectivity index (χ2v) is 14.2. The summed E-state index contributed by atoms with van der Waals surface area (Å²) in [6, 6.07) is 65.1. The van der Waals surface area contributed by atoms with E-state index in [1.165, 1.54) is 71.0 Å². The third-order valence-electron chi connectivity index (χ3n) is 11.2. The summed E-state index contributed by atoms with van der Waals surface area (Å²) in [5.74, 6) is 0. The van der Waals surface area contributed by atoms with Crippen molar-refractivity contribution in [2.24, 2.45) is 0 Å². The van der Waals surface area contributed by atoms with Crippen LogP contribution in [0.25, 0.3) is 110 Å². The maximum atomic E-state index is 5.23. The van der Waals surface area contributed by atoms with E-state index in [0.717, 1.165) is 39.2 Å². The molecule has 54 heavy (non-hydrogen) atoms. The molecule has 0 aliphatic rings.